The summed E-state index contributed by atoms with van der Waals surface area (Å²) in [5.74, 6) is -0.895. The van der Waals surface area contributed by atoms with Crippen LogP contribution in [0.2, 0.25) is 0 Å². The highest BCUT2D eigenvalue weighted by Crippen LogP contribution is 2.17. The first-order valence-electron chi connectivity index (χ1n) is 5.03. The van der Waals surface area contributed by atoms with Crippen molar-refractivity contribution in [3.63, 3.8) is 0 Å². The summed E-state index contributed by atoms with van der Waals surface area (Å²) >= 11 is 0. The Kier molecular flexibility index (Phi) is 3.85. The Hall–Kier alpha value is -1.88. The molecule has 2 N–H and O–H groups in total. The number of carbonyl (C=O) groups is 1. The number of aliphatic hydroxyl groups is 1. The molecule has 0 aliphatic carbocycles. The number of hydrogen-bond donors (Lipinski definition) is 2. The third-order valence-electron chi connectivity index (χ3n) is 2.28. The molecule has 0 bridgehead atoms. The molecule has 17 heavy (non-hydrogen) atoms. The Morgan fingerprint density at radius 3 is 2.65 bits per heavy atom. The second-order valence-corrected chi connectivity index (χ2v) is 3.89. The van der Waals surface area contributed by atoms with Gasteiger partial charge in [-0.15, -0.1) is 0 Å². The molecule has 0 aliphatic heterocycles. The van der Waals surface area contributed by atoms with Crippen molar-refractivity contribution >= 4 is 5.78 Å². The molecule has 1 heterocycles. The van der Waals surface area contributed by atoms with E-state index in [-0.39, 0.29) is 12.2 Å². The fourth-order valence-corrected chi connectivity index (χ4v) is 1.30. The Morgan fingerprint density at radius 2 is 2.18 bits per heavy atom. The molecular weight excluding hydrogens is 224 g/mol. The molecule has 5 nitrogen and oxygen atoms in total. The van der Waals surface area contributed by atoms with Crippen molar-refractivity contribution in [2.75, 3.05) is 0 Å². The van der Waals surface area contributed by atoms with E-state index in [1.54, 1.807) is 6.92 Å². The normalized spacial score (nSPS) is 12.2. The molecule has 0 amide bonds. The van der Waals surface area contributed by atoms with Crippen molar-refractivity contribution in [1.82, 2.24) is 0 Å². The zero-order valence-corrected chi connectivity index (χ0v) is 9.69. The largest absolute Gasteiger partial charge is 0.507 e. The molecule has 1 aromatic rings. The summed E-state index contributed by atoms with van der Waals surface area (Å²) in [6, 6.07) is 1.18. The zero-order chi connectivity index (χ0) is 13.2. The van der Waals surface area contributed by atoms with E-state index in [1.165, 1.54) is 13.0 Å². The standard InChI is InChI=1S/C12H14O5/c1-6(2)8(13)5-10(15)11-9(14)4-7(3)17-12(11)16/h4,8,13-14H,1,5H2,2-3H3. The maximum atomic E-state index is 11.7. The summed E-state index contributed by atoms with van der Waals surface area (Å²) in [6.07, 6.45) is -1.35. The predicted molar refractivity (Wildman–Crippen MR) is 61.1 cm³/mol. The molecule has 1 atom stereocenters. The summed E-state index contributed by atoms with van der Waals surface area (Å²) in [6.45, 7) is 6.54. The second-order valence-electron chi connectivity index (χ2n) is 3.89. The lowest BCUT2D eigenvalue weighted by Gasteiger charge is -2.09. The molecule has 0 saturated heterocycles. The monoisotopic (exact) mass is 238 g/mol. The van der Waals surface area contributed by atoms with Gasteiger partial charge in [-0.05, 0) is 13.8 Å². The molecule has 5 heteroatoms. The van der Waals surface area contributed by atoms with Gasteiger partial charge in [0, 0.05) is 12.5 Å². The van der Waals surface area contributed by atoms with Crippen LogP contribution in [0.25, 0.3) is 0 Å². The average Bonchev–Trinajstić information content (AvgIpc) is 2.15. The fraction of sp³-hybridized carbons (Fsp3) is 0.333. The molecular formula is C12H14O5. The Bertz CT molecular complexity index is 512. The number of ketones is 1. The average molecular weight is 238 g/mol. The molecule has 1 aromatic heterocycles. The highest BCUT2D eigenvalue weighted by atomic mass is 16.4. The molecule has 1 unspecified atom stereocenters. The van der Waals surface area contributed by atoms with Gasteiger partial charge in [-0.2, -0.15) is 0 Å². The molecule has 0 radical (unpaired) electrons. The summed E-state index contributed by atoms with van der Waals surface area (Å²) in [7, 11) is 0. The maximum absolute atomic E-state index is 11.7. The van der Waals surface area contributed by atoms with Crippen LogP contribution < -0.4 is 5.63 Å². The summed E-state index contributed by atoms with van der Waals surface area (Å²) in [5, 5.41) is 19.0. The van der Waals surface area contributed by atoms with Gasteiger partial charge in [-0.1, -0.05) is 12.2 Å². The number of aromatic hydroxyl groups is 1. The van der Waals surface area contributed by atoms with E-state index in [9.17, 15) is 19.8 Å². The zero-order valence-electron chi connectivity index (χ0n) is 9.69. The molecule has 92 valence electrons. The van der Waals surface area contributed by atoms with Crippen LogP contribution in [0.1, 0.15) is 29.5 Å². The Morgan fingerprint density at radius 1 is 1.59 bits per heavy atom. The first-order valence-corrected chi connectivity index (χ1v) is 5.03. The lowest BCUT2D eigenvalue weighted by molar-refractivity contribution is 0.0907. The van der Waals surface area contributed by atoms with Crippen LogP contribution in [0, 0.1) is 6.92 Å². The highest BCUT2D eigenvalue weighted by molar-refractivity contribution is 5.98. The van der Waals surface area contributed by atoms with E-state index in [1.807, 2.05) is 0 Å². The molecule has 0 spiro atoms. The minimum Gasteiger partial charge on any atom is -0.507 e. The third kappa shape index (κ3) is 3.04. The van der Waals surface area contributed by atoms with Crippen LogP contribution in [-0.4, -0.2) is 22.1 Å². The Balaban J connectivity index is 3.06. The van der Waals surface area contributed by atoms with Gasteiger partial charge < -0.3 is 14.6 Å². The van der Waals surface area contributed by atoms with Crippen molar-refractivity contribution in [2.24, 2.45) is 0 Å². The van der Waals surface area contributed by atoms with Gasteiger partial charge in [0.1, 0.15) is 17.1 Å². The number of hydrogen-bond acceptors (Lipinski definition) is 5. The lowest BCUT2D eigenvalue weighted by atomic mass is 10.0. The smallest absolute Gasteiger partial charge is 0.350 e. The SMILES string of the molecule is C=C(C)C(O)CC(=O)c1c(O)cc(C)oc1=O. The summed E-state index contributed by atoms with van der Waals surface area (Å²) < 4.78 is 4.71. The number of carbonyl (C=O) groups excluding carboxylic acids is 1. The van der Waals surface area contributed by atoms with Crippen molar-refractivity contribution < 1.29 is 19.4 Å². The van der Waals surface area contributed by atoms with Crippen molar-refractivity contribution in [2.45, 2.75) is 26.4 Å². The van der Waals surface area contributed by atoms with Crippen molar-refractivity contribution in [1.29, 1.82) is 0 Å². The van der Waals surface area contributed by atoms with E-state index < -0.39 is 28.8 Å². The first-order chi connectivity index (χ1) is 7.82. The number of aryl methyl sites for hydroxylation is 1. The fourth-order valence-electron chi connectivity index (χ4n) is 1.30. The van der Waals surface area contributed by atoms with E-state index in [2.05, 4.69) is 6.58 Å². The van der Waals surface area contributed by atoms with Crippen LogP contribution in [0.15, 0.2) is 27.4 Å². The number of aliphatic hydroxyl groups excluding tert-OH is 1. The van der Waals surface area contributed by atoms with E-state index in [0.29, 0.717) is 5.57 Å². The van der Waals surface area contributed by atoms with Gasteiger partial charge in [0.2, 0.25) is 0 Å². The van der Waals surface area contributed by atoms with Crippen LogP contribution in [0.4, 0.5) is 0 Å². The van der Waals surface area contributed by atoms with Crippen LogP contribution >= 0.6 is 0 Å². The molecule has 0 fully saturated rings. The van der Waals surface area contributed by atoms with E-state index >= 15 is 0 Å². The molecule has 1 rings (SSSR count). The van der Waals surface area contributed by atoms with Gasteiger partial charge in [0.05, 0.1) is 6.10 Å². The number of rotatable bonds is 4. The minimum atomic E-state index is -1.04. The van der Waals surface area contributed by atoms with Crippen LogP contribution in [0.5, 0.6) is 5.75 Å². The summed E-state index contributed by atoms with van der Waals surface area (Å²) in [5.41, 5.74) is -0.924. The van der Waals surface area contributed by atoms with Crippen molar-refractivity contribution in [3.8, 4) is 5.75 Å². The van der Waals surface area contributed by atoms with Gasteiger partial charge >= 0.3 is 5.63 Å². The second kappa shape index (κ2) is 4.97. The molecule has 0 saturated carbocycles. The van der Waals surface area contributed by atoms with E-state index in [4.69, 9.17) is 4.42 Å². The number of Topliss-reactive ketones (excluding diaryl/α,β-unsaturated/α-hetero) is 1. The predicted octanol–water partition coefficient (Wildman–Crippen LogP) is 1.16. The van der Waals surface area contributed by atoms with Crippen LogP contribution in [0.3, 0.4) is 0 Å². The topological polar surface area (TPSA) is 87.7 Å². The van der Waals surface area contributed by atoms with Crippen molar-refractivity contribution in [3.05, 3.63) is 40.0 Å². The van der Waals surface area contributed by atoms with Crippen LogP contribution in [-0.2, 0) is 0 Å². The summed E-state index contributed by atoms with van der Waals surface area (Å²) in [4.78, 5) is 23.1. The third-order valence-corrected chi connectivity index (χ3v) is 2.28. The van der Waals surface area contributed by atoms with Gasteiger partial charge in [-0.3, -0.25) is 4.79 Å². The van der Waals surface area contributed by atoms with Gasteiger partial charge in [0.15, 0.2) is 5.78 Å². The van der Waals surface area contributed by atoms with Gasteiger partial charge in [0.25, 0.3) is 0 Å². The highest BCUT2D eigenvalue weighted by Gasteiger charge is 2.21. The van der Waals surface area contributed by atoms with E-state index in [0.717, 1.165) is 0 Å². The van der Waals surface area contributed by atoms with Gasteiger partial charge in [-0.25, -0.2) is 4.79 Å². The quantitative estimate of drug-likeness (QED) is 0.607. The molecule has 0 aromatic carbocycles. The maximum Gasteiger partial charge on any atom is 0.350 e. The minimum absolute atomic E-state index is 0.212. The molecule has 0 aliphatic rings. The first kappa shape index (κ1) is 13.2. The lowest BCUT2D eigenvalue weighted by Crippen LogP contribution is -2.20. The Labute approximate surface area is 98.0 Å².